The van der Waals surface area contributed by atoms with Crippen molar-refractivity contribution in [3.8, 4) is 0 Å². The molecule has 3 heterocycles. The van der Waals surface area contributed by atoms with Crippen molar-refractivity contribution < 1.29 is 0 Å². The minimum atomic E-state index is 0.558. The van der Waals surface area contributed by atoms with Crippen molar-refractivity contribution in [3.05, 3.63) is 53.9 Å². The summed E-state index contributed by atoms with van der Waals surface area (Å²) in [5, 5.41) is 7.92. The van der Waals surface area contributed by atoms with E-state index < -0.39 is 0 Å². The van der Waals surface area contributed by atoms with Crippen LogP contribution in [0.1, 0.15) is 36.3 Å². The number of aromatic nitrogens is 2. The third-order valence-corrected chi connectivity index (χ3v) is 6.79. The number of hydrogen-bond acceptors (Lipinski definition) is 4. The predicted octanol–water partition coefficient (Wildman–Crippen LogP) is 2.38. The van der Waals surface area contributed by atoms with E-state index in [0.29, 0.717) is 5.92 Å². The second kappa shape index (κ2) is 11.5. The first-order valence-corrected chi connectivity index (χ1v) is 12.1. The largest absolute Gasteiger partial charge is 0.356 e. The van der Waals surface area contributed by atoms with Gasteiger partial charge in [-0.25, -0.2) is 0 Å². The van der Waals surface area contributed by atoms with Crippen molar-refractivity contribution in [1.29, 1.82) is 0 Å². The molecule has 2 aliphatic heterocycles. The Morgan fingerprint density at radius 1 is 1.06 bits per heavy atom. The van der Waals surface area contributed by atoms with E-state index in [1.165, 1.54) is 63.1 Å². The van der Waals surface area contributed by atoms with Gasteiger partial charge in [0, 0.05) is 78.6 Å². The second-order valence-electron chi connectivity index (χ2n) is 9.16. The lowest BCUT2D eigenvalue weighted by atomic mass is 10.0. The quantitative estimate of drug-likeness (QED) is 0.390. The lowest BCUT2D eigenvalue weighted by molar-refractivity contribution is 0.126. The maximum Gasteiger partial charge on any atom is 0.193 e. The number of nitrogens with zero attached hydrogens (tertiary/aromatic N) is 6. The van der Waals surface area contributed by atoms with Crippen LogP contribution in [0.4, 0.5) is 0 Å². The van der Waals surface area contributed by atoms with Crippen LogP contribution < -0.4 is 5.32 Å². The van der Waals surface area contributed by atoms with Crippen molar-refractivity contribution in [2.45, 2.75) is 31.7 Å². The number of hydrogen-bond donors (Lipinski definition) is 1. The van der Waals surface area contributed by atoms with E-state index in [4.69, 9.17) is 0 Å². The lowest BCUT2D eigenvalue weighted by Crippen LogP contribution is -2.46. The molecule has 1 atom stereocenters. The number of rotatable bonds is 8. The van der Waals surface area contributed by atoms with Crippen LogP contribution in [0.25, 0.3) is 0 Å². The smallest absolute Gasteiger partial charge is 0.193 e. The molecule has 2 saturated heterocycles. The molecule has 1 N–H and O–H groups in total. The van der Waals surface area contributed by atoms with Gasteiger partial charge in [0.05, 0.1) is 6.20 Å². The highest BCUT2D eigenvalue weighted by molar-refractivity contribution is 5.80. The molecule has 2 aromatic rings. The number of aliphatic imine (C=N–C) groups is 1. The van der Waals surface area contributed by atoms with Crippen LogP contribution in [0.3, 0.4) is 0 Å². The Balaban J connectivity index is 1.09. The Morgan fingerprint density at radius 3 is 2.56 bits per heavy atom. The predicted molar refractivity (Wildman–Crippen MR) is 131 cm³/mol. The zero-order valence-electron chi connectivity index (χ0n) is 19.8. The number of benzene rings is 1. The van der Waals surface area contributed by atoms with Crippen LogP contribution in [0, 0.1) is 0 Å². The molecule has 2 aliphatic rings. The van der Waals surface area contributed by atoms with Gasteiger partial charge in [0.25, 0.3) is 0 Å². The van der Waals surface area contributed by atoms with Gasteiger partial charge in [0.2, 0.25) is 0 Å². The van der Waals surface area contributed by atoms with Crippen molar-refractivity contribution >= 4 is 5.96 Å². The van der Waals surface area contributed by atoms with Gasteiger partial charge >= 0.3 is 0 Å². The molecule has 7 nitrogen and oxygen atoms in total. The molecule has 0 saturated carbocycles. The first kappa shape index (κ1) is 22.8. The summed E-state index contributed by atoms with van der Waals surface area (Å²) in [5.74, 6) is 1.61. The fourth-order valence-electron chi connectivity index (χ4n) is 4.88. The number of piperazine rings is 1. The third-order valence-electron chi connectivity index (χ3n) is 6.79. The number of unbranched alkanes of at least 4 members (excludes halogenated alkanes) is 1. The Bertz CT molecular complexity index is 839. The van der Waals surface area contributed by atoms with Crippen molar-refractivity contribution in [1.82, 2.24) is 29.8 Å². The normalized spacial score (nSPS) is 20.8. The number of aryl methyl sites for hydroxylation is 1. The summed E-state index contributed by atoms with van der Waals surface area (Å²) in [7, 11) is 3.88. The summed E-state index contributed by atoms with van der Waals surface area (Å²) >= 11 is 0. The van der Waals surface area contributed by atoms with Crippen LogP contribution >= 0.6 is 0 Å². The summed E-state index contributed by atoms with van der Waals surface area (Å²) in [6.07, 6.45) is 7.74. The standard InChI is InChI=1S/C25H39N7/c1-26-25(32-13-10-23(21-32)24-18-28-29(2)20-24)27-11-6-7-12-30-14-16-31(17-15-30)19-22-8-4-3-5-9-22/h3-5,8-9,18,20,23H,6-7,10-17,19,21H2,1-2H3,(H,26,27). The average Bonchev–Trinajstić information content (AvgIpc) is 3.47. The van der Waals surface area contributed by atoms with Gasteiger partial charge in [-0.3, -0.25) is 14.6 Å². The first-order valence-electron chi connectivity index (χ1n) is 12.1. The van der Waals surface area contributed by atoms with Gasteiger partial charge < -0.3 is 15.1 Å². The molecular weight excluding hydrogens is 398 g/mol. The number of nitrogens with one attached hydrogen (secondary N) is 1. The molecule has 1 aromatic heterocycles. The first-order chi connectivity index (χ1) is 15.7. The van der Waals surface area contributed by atoms with Crippen molar-refractivity contribution in [2.75, 3.05) is 59.4 Å². The van der Waals surface area contributed by atoms with Crippen LogP contribution in [-0.4, -0.2) is 89.8 Å². The maximum absolute atomic E-state index is 4.53. The maximum atomic E-state index is 4.53. The zero-order chi connectivity index (χ0) is 22.2. The highest BCUT2D eigenvalue weighted by atomic mass is 15.3. The Kier molecular flexibility index (Phi) is 8.18. The van der Waals surface area contributed by atoms with E-state index >= 15 is 0 Å². The summed E-state index contributed by atoms with van der Waals surface area (Å²) in [4.78, 5) is 12.1. The van der Waals surface area contributed by atoms with Gasteiger partial charge in [-0.2, -0.15) is 5.10 Å². The number of guanidine groups is 1. The molecular formula is C25H39N7. The van der Waals surface area contributed by atoms with Gasteiger partial charge in [0.1, 0.15) is 0 Å². The van der Waals surface area contributed by atoms with E-state index in [0.717, 1.165) is 32.1 Å². The van der Waals surface area contributed by atoms with Crippen LogP contribution in [0.2, 0.25) is 0 Å². The van der Waals surface area contributed by atoms with Crippen LogP contribution in [0.15, 0.2) is 47.7 Å². The van der Waals surface area contributed by atoms with Gasteiger partial charge in [-0.1, -0.05) is 30.3 Å². The van der Waals surface area contributed by atoms with Gasteiger partial charge in [-0.15, -0.1) is 0 Å². The lowest BCUT2D eigenvalue weighted by Gasteiger charge is -2.34. The Labute approximate surface area is 193 Å². The summed E-state index contributed by atoms with van der Waals surface area (Å²) in [6, 6.07) is 10.8. The second-order valence-corrected chi connectivity index (χ2v) is 9.16. The van der Waals surface area contributed by atoms with Crippen LogP contribution in [-0.2, 0) is 13.6 Å². The molecule has 0 radical (unpaired) electrons. The molecule has 0 spiro atoms. The van der Waals surface area contributed by atoms with E-state index in [2.05, 4.69) is 66.6 Å². The van der Waals surface area contributed by atoms with E-state index in [9.17, 15) is 0 Å². The van der Waals surface area contributed by atoms with Crippen LogP contribution in [0.5, 0.6) is 0 Å². The molecule has 4 rings (SSSR count). The van der Waals surface area contributed by atoms with E-state index in [1.54, 1.807) is 0 Å². The molecule has 0 amide bonds. The molecule has 1 aromatic carbocycles. The number of likely N-dealkylation sites (tertiary alicyclic amines) is 1. The monoisotopic (exact) mass is 437 g/mol. The minimum absolute atomic E-state index is 0.558. The Hall–Kier alpha value is -2.38. The molecule has 1 unspecified atom stereocenters. The highest BCUT2D eigenvalue weighted by Crippen LogP contribution is 2.26. The molecule has 7 heteroatoms. The SMILES string of the molecule is CN=C(NCCCCN1CCN(Cc2ccccc2)CC1)N1CCC(c2cnn(C)c2)C1. The highest BCUT2D eigenvalue weighted by Gasteiger charge is 2.26. The molecule has 0 bridgehead atoms. The molecule has 32 heavy (non-hydrogen) atoms. The molecule has 0 aliphatic carbocycles. The fraction of sp³-hybridized carbons (Fsp3) is 0.600. The average molecular weight is 438 g/mol. The van der Waals surface area contributed by atoms with E-state index in [1.807, 2.05) is 25.0 Å². The fourth-order valence-corrected chi connectivity index (χ4v) is 4.88. The van der Waals surface area contributed by atoms with Crippen molar-refractivity contribution in [2.24, 2.45) is 12.0 Å². The van der Waals surface area contributed by atoms with Crippen molar-refractivity contribution in [3.63, 3.8) is 0 Å². The molecule has 174 valence electrons. The van der Waals surface area contributed by atoms with Gasteiger partial charge in [0.15, 0.2) is 5.96 Å². The molecule has 2 fully saturated rings. The summed E-state index contributed by atoms with van der Waals surface area (Å²) in [5.41, 5.74) is 2.76. The summed E-state index contributed by atoms with van der Waals surface area (Å²) < 4.78 is 1.90. The third kappa shape index (κ3) is 6.33. The topological polar surface area (TPSA) is 51.9 Å². The minimum Gasteiger partial charge on any atom is -0.356 e. The van der Waals surface area contributed by atoms with Gasteiger partial charge in [-0.05, 0) is 36.9 Å². The Morgan fingerprint density at radius 2 is 1.84 bits per heavy atom. The zero-order valence-corrected chi connectivity index (χ0v) is 19.8. The van der Waals surface area contributed by atoms with E-state index in [-0.39, 0.29) is 0 Å². The summed E-state index contributed by atoms with van der Waals surface area (Å²) in [6.45, 7) is 10.1.